The first-order valence-corrected chi connectivity index (χ1v) is 7.68. The molecule has 3 rings (SSSR count). The summed E-state index contributed by atoms with van der Waals surface area (Å²) in [6.45, 7) is 3.41. The van der Waals surface area contributed by atoms with Gasteiger partial charge in [-0.25, -0.2) is 0 Å². The van der Waals surface area contributed by atoms with Crippen LogP contribution in [-0.2, 0) is 11.3 Å². The van der Waals surface area contributed by atoms with E-state index < -0.39 is 0 Å². The van der Waals surface area contributed by atoms with Crippen LogP contribution in [0.3, 0.4) is 0 Å². The maximum absolute atomic E-state index is 12.4. The summed E-state index contributed by atoms with van der Waals surface area (Å²) < 4.78 is 10.0. The second kappa shape index (κ2) is 6.28. The molecule has 2 aromatic rings. The normalized spacial score (nSPS) is 15.5. The Hall–Kier alpha value is -1.86. The molecule has 3 heterocycles. The van der Waals surface area contributed by atoms with E-state index in [1.807, 2.05) is 11.0 Å². The molecule has 1 fully saturated rings. The molecule has 0 aliphatic carbocycles. The highest BCUT2D eigenvalue weighted by Crippen LogP contribution is 2.22. The van der Waals surface area contributed by atoms with Crippen LogP contribution in [0.2, 0.25) is 0 Å². The fourth-order valence-corrected chi connectivity index (χ4v) is 3.15. The van der Waals surface area contributed by atoms with Crippen LogP contribution in [0.4, 0.5) is 5.00 Å². The number of anilines is 1. The number of piperazine rings is 1. The first-order valence-electron chi connectivity index (χ1n) is 6.80. The Morgan fingerprint density at radius 1 is 1.43 bits per heavy atom. The summed E-state index contributed by atoms with van der Waals surface area (Å²) in [5.74, 6) is 0.491. The van der Waals surface area contributed by atoms with E-state index in [9.17, 15) is 4.79 Å². The van der Waals surface area contributed by atoms with Crippen LogP contribution in [0.25, 0.3) is 0 Å². The van der Waals surface area contributed by atoms with E-state index >= 15 is 0 Å². The Morgan fingerprint density at radius 3 is 2.90 bits per heavy atom. The summed E-state index contributed by atoms with van der Waals surface area (Å²) in [6.07, 6.45) is 0. The second-order valence-electron chi connectivity index (χ2n) is 4.84. The SMILES string of the molecule is COCc1cc(C(=O)N2CCN(c3cccs3)CC2)no1. The van der Waals surface area contributed by atoms with Gasteiger partial charge in [-0.15, -0.1) is 11.3 Å². The number of aromatic nitrogens is 1. The van der Waals surface area contributed by atoms with Crippen LogP contribution in [0.5, 0.6) is 0 Å². The van der Waals surface area contributed by atoms with Crippen molar-refractivity contribution in [3.8, 4) is 0 Å². The van der Waals surface area contributed by atoms with Crippen molar-refractivity contribution in [1.82, 2.24) is 10.1 Å². The minimum Gasteiger partial charge on any atom is -0.377 e. The summed E-state index contributed by atoms with van der Waals surface area (Å²) in [5.41, 5.74) is 0.353. The standard InChI is InChI=1S/C14H17N3O3S/c1-19-10-11-9-12(15-20-11)14(18)17-6-4-16(5-7-17)13-3-2-8-21-13/h2-3,8-9H,4-7,10H2,1H3. The molecular formula is C14H17N3O3S. The molecule has 0 unspecified atom stereocenters. The summed E-state index contributed by atoms with van der Waals surface area (Å²) in [7, 11) is 1.58. The fraction of sp³-hybridized carbons (Fsp3) is 0.429. The molecule has 0 bridgehead atoms. The molecule has 7 heteroatoms. The highest BCUT2D eigenvalue weighted by molar-refractivity contribution is 7.14. The lowest BCUT2D eigenvalue weighted by Gasteiger charge is -2.34. The first kappa shape index (κ1) is 14.1. The van der Waals surface area contributed by atoms with Crippen molar-refractivity contribution in [3.05, 3.63) is 35.0 Å². The Balaban J connectivity index is 1.59. The highest BCUT2D eigenvalue weighted by atomic mass is 32.1. The molecule has 1 saturated heterocycles. The predicted octanol–water partition coefficient (Wildman–Crippen LogP) is 1.84. The Morgan fingerprint density at radius 2 is 2.24 bits per heavy atom. The number of thiophene rings is 1. The van der Waals surface area contributed by atoms with Gasteiger partial charge in [0.15, 0.2) is 11.5 Å². The topological polar surface area (TPSA) is 58.8 Å². The molecule has 0 aromatic carbocycles. The van der Waals surface area contributed by atoms with Crippen molar-refractivity contribution < 1.29 is 14.1 Å². The molecule has 6 nitrogen and oxygen atoms in total. The monoisotopic (exact) mass is 307 g/mol. The molecule has 112 valence electrons. The second-order valence-corrected chi connectivity index (χ2v) is 5.77. The van der Waals surface area contributed by atoms with Gasteiger partial charge in [-0.05, 0) is 17.5 Å². The molecule has 0 radical (unpaired) electrons. The van der Waals surface area contributed by atoms with Crippen molar-refractivity contribution in [2.24, 2.45) is 0 Å². The molecule has 0 N–H and O–H groups in total. The maximum Gasteiger partial charge on any atom is 0.276 e. The van der Waals surface area contributed by atoms with E-state index in [0.29, 0.717) is 31.2 Å². The molecule has 0 spiro atoms. The van der Waals surface area contributed by atoms with Gasteiger partial charge in [-0.2, -0.15) is 0 Å². The van der Waals surface area contributed by atoms with Crippen LogP contribution < -0.4 is 4.90 Å². The Kier molecular flexibility index (Phi) is 4.21. The molecule has 0 saturated carbocycles. The van der Waals surface area contributed by atoms with Crippen molar-refractivity contribution >= 4 is 22.2 Å². The lowest BCUT2D eigenvalue weighted by molar-refractivity contribution is 0.0736. The van der Waals surface area contributed by atoms with Gasteiger partial charge >= 0.3 is 0 Å². The molecule has 1 aliphatic heterocycles. The van der Waals surface area contributed by atoms with E-state index in [-0.39, 0.29) is 5.91 Å². The van der Waals surface area contributed by atoms with Crippen LogP contribution in [0, 0.1) is 0 Å². The Labute approximate surface area is 126 Å². The van der Waals surface area contributed by atoms with Gasteiger partial charge in [0.25, 0.3) is 5.91 Å². The van der Waals surface area contributed by atoms with Gasteiger partial charge in [0.2, 0.25) is 0 Å². The van der Waals surface area contributed by atoms with Gasteiger partial charge in [-0.1, -0.05) is 5.16 Å². The summed E-state index contributed by atoms with van der Waals surface area (Å²) in [4.78, 5) is 16.5. The molecule has 1 aliphatic rings. The van der Waals surface area contributed by atoms with Crippen molar-refractivity contribution in [1.29, 1.82) is 0 Å². The van der Waals surface area contributed by atoms with E-state index in [1.54, 1.807) is 24.5 Å². The largest absolute Gasteiger partial charge is 0.377 e. The zero-order chi connectivity index (χ0) is 14.7. The van der Waals surface area contributed by atoms with Gasteiger partial charge in [-0.3, -0.25) is 4.79 Å². The van der Waals surface area contributed by atoms with Gasteiger partial charge < -0.3 is 19.1 Å². The van der Waals surface area contributed by atoms with Crippen molar-refractivity contribution in [2.45, 2.75) is 6.61 Å². The summed E-state index contributed by atoms with van der Waals surface area (Å²) >= 11 is 1.73. The first-order chi connectivity index (χ1) is 10.3. The van der Waals surface area contributed by atoms with E-state index in [1.165, 1.54) is 5.00 Å². The summed E-state index contributed by atoms with van der Waals surface area (Å²) in [5, 5.41) is 7.15. The van der Waals surface area contributed by atoms with E-state index in [2.05, 4.69) is 21.5 Å². The minimum absolute atomic E-state index is 0.0769. The van der Waals surface area contributed by atoms with Gasteiger partial charge in [0.05, 0.1) is 5.00 Å². The molecular weight excluding hydrogens is 290 g/mol. The molecule has 2 aromatic heterocycles. The van der Waals surface area contributed by atoms with Gasteiger partial charge in [0.1, 0.15) is 6.61 Å². The van der Waals surface area contributed by atoms with Crippen LogP contribution in [0.1, 0.15) is 16.2 Å². The molecule has 1 amide bonds. The number of nitrogens with zero attached hydrogens (tertiary/aromatic N) is 3. The maximum atomic E-state index is 12.4. The van der Waals surface area contributed by atoms with E-state index in [0.717, 1.165) is 13.1 Å². The lowest BCUT2D eigenvalue weighted by Crippen LogP contribution is -2.48. The van der Waals surface area contributed by atoms with E-state index in [4.69, 9.17) is 9.26 Å². The summed E-state index contributed by atoms with van der Waals surface area (Å²) in [6, 6.07) is 5.80. The number of rotatable bonds is 4. The van der Waals surface area contributed by atoms with Gasteiger partial charge in [0, 0.05) is 39.4 Å². The molecule has 21 heavy (non-hydrogen) atoms. The van der Waals surface area contributed by atoms with Crippen LogP contribution >= 0.6 is 11.3 Å². The number of carbonyl (C=O) groups excluding carboxylic acids is 1. The number of ether oxygens (including phenoxy) is 1. The smallest absolute Gasteiger partial charge is 0.276 e. The number of amides is 1. The Bertz CT molecular complexity index is 588. The van der Waals surface area contributed by atoms with Crippen LogP contribution in [-0.4, -0.2) is 49.3 Å². The zero-order valence-electron chi connectivity index (χ0n) is 11.8. The number of methoxy groups -OCH3 is 1. The third-order valence-corrected chi connectivity index (χ3v) is 4.38. The third-order valence-electron chi connectivity index (χ3n) is 3.45. The highest BCUT2D eigenvalue weighted by Gasteiger charge is 2.24. The number of hydrogen-bond acceptors (Lipinski definition) is 6. The predicted molar refractivity (Wildman–Crippen MR) is 79.7 cm³/mol. The van der Waals surface area contributed by atoms with Crippen LogP contribution in [0.15, 0.2) is 28.1 Å². The lowest BCUT2D eigenvalue weighted by atomic mass is 10.2. The minimum atomic E-state index is -0.0769. The van der Waals surface area contributed by atoms with Crippen molar-refractivity contribution in [2.75, 3.05) is 38.2 Å². The average molecular weight is 307 g/mol. The van der Waals surface area contributed by atoms with Crippen molar-refractivity contribution in [3.63, 3.8) is 0 Å². The zero-order valence-corrected chi connectivity index (χ0v) is 12.6. The number of carbonyl (C=O) groups is 1. The molecule has 0 atom stereocenters. The third kappa shape index (κ3) is 3.08. The number of hydrogen-bond donors (Lipinski definition) is 0. The average Bonchev–Trinajstić information content (AvgIpc) is 3.19. The quantitative estimate of drug-likeness (QED) is 0.862. The fourth-order valence-electron chi connectivity index (χ4n) is 2.37.